The largest absolute Gasteiger partial charge is 0.507 e. The molecule has 0 atom stereocenters. The van der Waals surface area contributed by atoms with Crippen molar-refractivity contribution >= 4 is 5.82 Å². The van der Waals surface area contributed by atoms with E-state index in [-0.39, 0.29) is 23.7 Å². The Kier molecular flexibility index (Phi) is 4.08. The molecule has 5 nitrogen and oxygen atoms in total. The summed E-state index contributed by atoms with van der Waals surface area (Å²) in [6.07, 6.45) is -4.52. The van der Waals surface area contributed by atoms with E-state index in [2.05, 4.69) is 10.2 Å². The summed E-state index contributed by atoms with van der Waals surface area (Å²) >= 11 is 0. The lowest BCUT2D eigenvalue weighted by Gasteiger charge is -2.38. The Morgan fingerprint density at radius 1 is 1.21 bits per heavy atom. The molecule has 0 unspecified atom stereocenters. The Labute approximate surface area is 136 Å². The van der Waals surface area contributed by atoms with Crippen LogP contribution in [-0.2, 0) is 6.18 Å². The zero-order valence-corrected chi connectivity index (χ0v) is 12.9. The van der Waals surface area contributed by atoms with Crippen LogP contribution in [0.25, 0.3) is 11.3 Å². The molecule has 2 aromatic rings. The second-order valence-electron chi connectivity index (χ2n) is 5.92. The van der Waals surface area contributed by atoms with Crippen molar-refractivity contribution in [1.29, 1.82) is 0 Å². The Morgan fingerprint density at radius 3 is 2.42 bits per heavy atom. The number of aromatic hydroxyl groups is 1. The molecule has 0 amide bonds. The van der Waals surface area contributed by atoms with Crippen molar-refractivity contribution in [3.05, 3.63) is 35.4 Å². The molecule has 8 heteroatoms. The maximum Gasteiger partial charge on any atom is 0.416 e. The van der Waals surface area contributed by atoms with Gasteiger partial charge in [0, 0.05) is 31.2 Å². The number of anilines is 1. The number of phenolic OH excluding ortho intramolecular Hbond substituents is 1. The standard InChI is InChI=1S/C16H16F3N3O2/c1-9-4-11(16(17,18)19)5-13(24)15(9)12-2-3-14(21-20-12)22-6-10(7-22)8-23/h2-5,10,23-24H,6-8H2,1H3. The van der Waals surface area contributed by atoms with Crippen LogP contribution in [0.4, 0.5) is 19.0 Å². The number of nitrogens with zero attached hydrogens (tertiary/aromatic N) is 3. The number of hydrogen-bond acceptors (Lipinski definition) is 5. The van der Waals surface area contributed by atoms with Gasteiger partial charge in [-0.2, -0.15) is 13.2 Å². The molecule has 3 rings (SSSR count). The van der Waals surface area contributed by atoms with Crippen LogP contribution in [0.5, 0.6) is 5.75 Å². The van der Waals surface area contributed by atoms with E-state index in [0.29, 0.717) is 30.7 Å². The van der Waals surface area contributed by atoms with Gasteiger partial charge in [-0.25, -0.2) is 0 Å². The van der Waals surface area contributed by atoms with Crippen LogP contribution in [0.15, 0.2) is 24.3 Å². The smallest absolute Gasteiger partial charge is 0.416 e. The fraction of sp³-hybridized carbons (Fsp3) is 0.375. The molecule has 24 heavy (non-hydrogen) atoms. The summed E-state index contributed by atoms with van der Waals surface area (Å²) in [5, 5.41) is 27.1. The molecule has 1 saturated heterocycles. The first kappa shape index (κ1) is 16.5. The third-order valence-electron chi connectivity index (χ3n) is 4.09. The number of halogens is 3. The quantitative estimate of drug-likeness (QED) is 0.900. The van der Waals surface area contributed by atoms with Gasteiger partial charge in [-0.1, -0.05) is 0 Å². The minimum Gasteiger partial charge on any atom is -0.507 e. The number of phenols is 1. The number of aromatic nitrogens is 2. The van der Waals surface area contributed by atoms with Crippen molar-refractivity contribution < 1.29 is 23.4 Å². The first-order valence-electron chi connectivity index (χ1n) is 7.40. The molecule has 1 fully saturated rings. The van der Waals surface area contributed by atoms with Gasteiger partial charge in [-0.15, -0.1) is 10.2 Å². The van der Waals surface area contributed by atoms with E-state index in [0.717, 1.165) is 6.07 Å². The third-order valence-corrected chi connectivity index (χ3v) is 4.09. The van der Waals surface area contributed by atoms with Gasteiger partial charge in [0.1, 0.15) is 5.75 Å². The number of benzene rings is 1. The molecule has 0 saturated carbocycles. The fourth-order valence-electron chi connectivity index (χ4n) is 2.77. The molecule has 0 spiro atoms. The zero-order chi connectivity index (χ0) is 17.5. The molecule has 1 aliphatic heterocycles. The van der Waals surface area contributed by atoms with Gasteiger partial charge >= 0.3 is 6.18 Å². The van der Waals surface area contributed by atoms with Gasteiger partial charge in [0.15, 0.2) is 5.82 Å². The molecule has 1 aromatic carbocycles. The van der Waals surface area contributed by atoms with Crippen LogP contribution in [0.2, 0.25) is 0 Å². The highest BCUT2D eigenvalue weighted by molar-refractivity contribution is 5.71. The van der Waals surface area contributed by atoms with E-state index in [1.165, 1.54) is 6.92 Å². The van der Waals surface area contributed by atoms with Crippen LogP contribution in [0, 0.1) is 12.8 Å². The molecular formula is C16H16F3N3O2. The summed E-state index contributed by atoms with van der Waals surface area (Å²) in [6, 6.07) is 4.99. The summed E-state index contributed by atoms with van der Waals surface area (Å²) < 4.78 is 38.3. The van der Waals surface area contributed by atoms with E-state index in [1.807, 2.05) is 4.90 Å². The van der Waals surface area contributed by atoms with Gasteiger partial charge in [0.2, 0.25) is 0 Å². The van der Waals surface area contributed by atoms with Crippen molar-refractivity contribution in [2.24, 2.45) is 5.92 Å². The molecule has 2 N–H and O–H groups in total. The minimum absolute atomic E-state index is 0.126. The maximum absolute atomic E-state index is 12.8. The lowest BCUT2D eigenvalue weighted by Crippen LogP contribution is -2.48. The van der Waals surface area contributed by atoms with E-state index in [1.54, 1.807) is 12.1 Å². The third kappa shape index (κ3) is 3.01. The normalized spacial score (nSPS) is 15.5. The van der Waals surface area contributed by atoms with Crippen molar-refractivity contribution in [1.82, 2.24) is 10.2 Å². The molecule has 0 aliphatic carbocycles. The summed E-state index contributed by atoms with van der Waals surface area (Å²) in [5.41, 5.74) is -0.0873. The van der Waals surface area contributed by atoms with Crippen LogP contribution in [-0.4, -0.2) is 40.1 Å². The molecular weight excluding hydrogens is 323 g/mol. The van der Waals surface area contributed by atoms with E-state index < -0.39 is 17.5 Å². The van der Waals surface area contributed by atoms with Crippen molar-refractivity contribution in [2.75, 3.05) is 24.6 Å². The van der Waals surface area contributed by atoms with E-state index >= 15 is 0 Å². The van der Waals surface area contributed by atoms with E-state index in [4.69, 9.17) is 5.11 Å². The lowest BCUT2D eigenvalue weighted by molar-refractivity contribution is -0.137. The van der Waals surface area contributed by atoms with Crippen LogP contribution >= 0.6 is 0 Å². The molecule has 1 aromatic heterocycles. The Bertz CT molecular complexity index is 718. The van der Waals surface area contributed by atoms with Crippen molar-refractivity contribution in [3.8, 4) is 17.0 Å². The predicted molar refractivity (Wildman–Crippen MR) is 81.7 cm³/mol. The molecule has 0 bridgehead atoms. The highest BCUT2D eigenvalue weighted by Gasteiger charge is 2.32. The molecule has 0 radical (unpaired) electrons. The Morgan fingerprint density at radius 2 is 1.92 bits per heavy atom. The number of rotatable bonds is 3. The highest BCUT2D eigenvalue weighted by Crippen LogP contribution is 2.38. The molecule has 1 aliphatic rings. The zero-order valence-electron chi connectivity index (χ0n) is 12.9. The SMILES string of the molecule is Cc1cc(C(F)(F)F)cc(O)c1-c1ccc(N2CC(CO)C2)nn1. The van der Waals surface area contributed by atoms with E-state index in [9.17, 15) is 18.3 Å². The van der Waals surface area contributed by atoms with Crippen LogP contribution in [0.1, 0.15) is 11.1 Å². The van der Waals surface area contributed by atoms with Gasteiger partial charge in [-0.05, 0) is 36.8 Å². The topological polar surface area (TPSA) is 69.5 Å². The highest BCUT2D eigenvalue weighted by atomic mass is 19.4. The molecule has 128 valence electrons. The lowest BCUT2D eigenvalue weighted by atomic mass is 10.00. The first-order valence-corrected chi connectivity index (χ1v) is 7.40. The summed E-state index contributed by atoms with van der Waals surface area (Å²) in [6.45, 7) is 2.99. The van der Waals surface area contributed by atoms with Crippen molar-refractivity contribution in [2.45, 2.75) is 13.1 Å². The summed E-state index contributed by atoms with van der Waals surface area (Å²) in [4.78, 5) is 1.94. The second kappa shape index (κ2) is 5.94. The van der Waals surface area contributed by atoms with Crippen LogP contribution < -0.4 is 4.90 Å². The van der Waals surface area contributed by atoms with Gasteiger partial charge in [0.25, 0.3) is 0 Å². The number of aliphatic hydroxyl groups excluding tert-OH is 1. The number of aryl methyl sites for hydroxylation is 1. The first-order chi connectivity index (χ1) is 11.3. The summed E-state index contributed by atoms with van der Waals surface area (Å²) in [7, 11) is 0. The minimum atomic E-state index is -4.52. The van der Waals surface area contributed by atoms with Gasteiger partial charge < -0.3 is 15.1 Å². The maximum atomic E-state index is 12.8. The van der Waals surface area contributed by atoms with Crippen LogP contribution in [0.3, 0.4) is 0 Å². The average molecular weight is 339 g/mol. The number of alkyl halides is 3. The Hall–Kier alpha value is -2.35. The average Bonchev–Trinajstić information content (AvgIpc) is 2.46. The second-order valence-corrected chi connectivity index (χ2v) is 5.92. The number of aliphatic hydroxyl groups is 1. The Balaban J connectivity index is 1.87. The van der Waals surface area contributed by atoms with Gasteiger partial charge in [-0.3, -0.25) is 0 Å². The number of hydrogen-bond donors (Lipinski definition) is 2. The monoisotopic (exact) mass is 339 g/mol. The summed E-state index contributed by atoms with van der Waals surface area (Å²) in [5.74, 6) is 0.383. The molecule has 2 heterocycles. The predicted octanol–water partition coefficient (Wildman–Crippen LogP) is 2.60. The fourth-order valence-corrected chi connectivity index (χ4v) is 2.77. The van der Waals surface area contributed by atoms with Gasteiger partial charge in [0.05, 0.1) is 11.3 Å². The van der Waals surface area contributed by atoms with Crippen molar-refractivity contribution in [3.63, 3.8) is 0 Å².